The summed E-state index contributed by atoms with van der Waals surface area (Å²) in [6.45, 7) is 12.2. The summed E-state index contributed by atoms with van der Waals surface area (Å²) >= 11 is 0. The van der Waals surface area contributed by atoms with Crippen LogP contribution in [0.5, 0.6) is 0 Å². The minimum absolute atomic E-state index is 0.168. The molecule has 0 radical (unpaired) electrons. The van der Waals surface area contributed by atoms with Gasteiger partial charge in [0.2, 0.25) is 0 Å². The van der Waals surface area contributed by atoms with E-state index in [1.807, 2.05) is 0 Å². The van der Waals surface area contributed by atoms with E-state index in [4.69, 9.17) is 5.11 Å². The van der Waals surface area contributed by atoms with Crippen LogP contribution in [0, 0.1) is 5.41 Å². The molecule has 0 spiro atoms. The van der Waals surface area contributed by atoms with E-state index in [1.165, 1.54) is 0 Å². The first-order chi connectivity index (χ1) is 5.69. The first-order valence-corrected chi connectivity index (χ1v) is 5.01. The predicted octanol–water partition coefficient (Wildman–Crippen LogP) is 2.13. The van der Waals surface area contributed by atoms with Gasteiger partial charge >= 0.3 is 0 Å². The van der Waals surface area contributed by atoms with E-state index in [2.05, 4.69) is 46.6 Å². The number of hydrogen-bond acceptors (Lipinski definition) is 2. The molecule has 0 aliphatic rings. The van der Waals surface area contributed by atoms with Gasteiger partial charge in [0.25, 0.3) is 0 Å². The molecule has 0 saturated heterocycles. The summed E-state index contributed by atoms with van der Waals surface area (Å²) in [5, 5.41) is 8.86. The van der Waals surface area contributed by atoms with Crippen LogP contribution in [0.3, 0.4) is 0 Å². The van der Waals surface area contributed by atoms with Gasteiger partial charge in [0, 0.05) is 12.1 Å². The fourth-order valence-corrected chi connectivity index (χ4v) is 1.89. The van der Waals surface area contributed by atoms with Crippen molar-refractivity contribution in [1.82, 2.24) is 4.90 Å². The highest BCUT2D eigenvalue weighted by Gasteiger charge is 2.28. The van der Waals surface area contributed by atoms with Crippen LogP contribution < -0.4 is 0 Å². The molecule has 0 aromatic rings. The number of likely N-dealkylation sites (N-methyl/N-ethyl adjacent to an activating group) is 1. The fourth-order valence-electron chi connectivity index (χ4n) is 1.89. The summed E-state index contributed by atoms with van der Waals surface area (Å²) in [5.74, 6) is 0. The highest BCUT2D eigenvalue weighted by molar-refractivity contribution is 4.84. The van der Waals surface area contributed by atoms with E-state index in [1.54, 1.807) is 0 Å². The Hall–Kier alpha value is -0.0800. The minimum atomic E-state index is 0.168. The largest absolute Gasteiger partial charge is 0.395 e. The Morgan fingerprint density at radius 3 is 1.85 bits per heavy atom. The quantitative estimate of drug-likeness (QED) is 0.729. The fraction of sp³-hybridized carbons (Fsp3) is 1.00. The Morgan fingerprint density at radius 2 is 1.54 bits per heavy atom. The van der Waals surface area contributed by atoms with Crippen molar-refractivity contribution in [2.45, 2.75) is 46.6 Å². The third-order valence-corrected chi connectivity index (χ3v) is 2.43. The summed E-state index contributed by atoms with van der Waals surface area (Å²) in [6.07, 6.45) is 1.14. The number of rotatable bonds is 4. The topological polar surface area (TPSA) is 23.5 Å². The Bertz CT molecular complexity index is 147. The lowest BCUT2D eigenvalue weighted by Crippen LogP contribution is -2.45. The molecule has 0 rings (SSSR count). The van der Waals surface area contributed by atoms with Gasteiger partial charge in [0.1, 0.15) is 0 Å². The zero-order chi connectivity index (χ0) is 10.7. The summed E-state index contributed by atoms with van der Waals surface area (Å²) in [7, 11) is 2.07. The van der Waals surface area contributed by atoms with Crippen molar-refractivity contribution in [3.8, 4) is 0 Å². The second-order valence-corrected chi connectivity index (χ2v) is 5.70. The number of β-amino-alcohol motifs (C(OH)–C–C–N with tert-alkyl or cyclic N) is 1. The number of nitrogens with zero attached hydrogens (tertiary/aromatic N) is 1. The summed E-state index contributed by atoms with van der Waals surface area (Å²) in [5.41, 5.74) is 0.508. The van der Waals surface area contributed by atoms with Crippen LogP contribution in [0.4, 0.5) is 0 Å². The van der Waals surface area contributed by atoms with E-state index < -0.39 is 0 Å². The van der Waals surface area contributed by atoms with Gasteiger partial charge in [-0.15, -0.1) is 0 Å². The predicted molar refractivity (Wildman–Crippen MR) is 57.9 cm³/mol. The molecular formula is C11H25NO. The van der Waals surface area contributed by atoms with Crippen molar-refractivity contribution >= 4 is 0 Å². The average molecular weight is 187 g/mol. The Kier molecular flexibility index (Phi) is 4.40. The van der Waals surface area contributed by atoms with Crippen LogP contribution in [0.15, 0.2) is 0 Å². The summed E-state index contributed by atoms with van der Waals surface area (Å²) < 4.78 is 0. The lowest BCUT2D eigenvalue weighted by molar-refractivity contribution is 0.0840. The Labute approximate surface area is 82.9 Å². The van der Waals surface area contributed by atoms with Gasteiger partial charge in [-0.3, -0.25) is 4.90 Å². The molecule has 0 unspecified atom stereocenters. The van der Waals surface area contributed by atoms with E-state index in [-0.39, 0.29) is 12.1 Å². The third-order valence-electron chi connectivity index (χ3n) is 2.43. The van der Waals surface area contributed by atoms with Crippen LogP contribution in [0.25, 0.3) is 0 Å². The minimum Gasteiger partial charge on any atom is -0.395 e. The smallest absolute Gasteiger partial charge is 0.0558 e. The molecule has 0 saturated carbocycles. The normalized spacial score (nSPS) is 13.8. The molecule has 0 heterocycles. The van der Waals surface area contributed by atoms with Crippen LogP contribution >= 0.6 is 0 Å². The van der Waals surface area contributed by atoms with E-state index in [0.717, 1.165) is 13.0 Å². The molecule has 2 nitrogen and oxygen atoms in total. The standard InChI is InChI=1S/C11H25NO/c1-10(2,3)9-11(4,5)12(6)7-8-13/h13H,7-9H2,1-6H3. The van der Waals surface area contributed by atoms with Crippen LogP contribution in [0.2, 0.25) is 0 Å². The average Bonchev–Trinajstić information content (AvgIpc) is 1.82. The molecule has 13 heavy (non-hydrogen) atoms. The van der Waals surface area contributed by atoms with Crippen molar-refractivity contribution in [3.63, 3.8) is 0 Å². The van der Waals surface area contributed by atoms with Crippen LogP contribution in [0.1, 0.15) is 41.0 Å². The SMILES string of the molecule is CN(CCO)C(C)(C)CC(C)(C)C. The second-order valence-electron chi connectivity index (χ2n) is 5.70. The van der Waals surface area contributed by atoms with Gasteiger partial charge < -0.3 is 5.11 Å². The van der Waals surface area contributed by atoms with Gasteiger partial charge in [-0.05, 0) is 32.7 Å². The van der Waals surface area contributed by atoms with Gasteiger partial charge in [0.05, 0.1) is 6.61 Å². The summed E-state index contributed by atoms with van der Waals surface area (Å²) in [4.78, 5) is 2.22. The molecule has 0 aliphatic heterocycles. The molecule has 80 valence electrons. The highest BCUT2D eigenvalue weighted by Crippen LogP contribution is 2.30. The number of hydrogen-bond donors (Lipinski definition) is 1. The van der Waals surface area contributed by atoms with Crippen LogP contribution in [-0.4, -0.2) is 35.7 Å². The monoisotopic (exact) mass is 187 g/mol. The number of aliphatic hydroxyl groups is 1. The summed E-state index contributed by atoms with van der Waals surface area (Å²) in [6, 6.07) is 0. The molecular weight excluding hydrogens is 162 g/mol. The maximum atomic E-state index is 8.86. The molecule has 1 N–H and O–H groups in total. The van der Waals surface area contributed by atoms with E-state index in [0.29, 0.717) is 5.41 Å². The molecule has 0 aliphatic carbocycles. The van der Waals surface area contributed by atoms with Crippen molar-refractivity contribution in [2.24, 2.45) is 5.41 Å². The zero-order valence-electron chi connectivity index (χ0n) is 10.0. The van der Waals surface area contributed by atoms with Gasteiger partial charge in [-0.25, -0.2) is 0 Å². The van der Waals surface area contributed by atoms with E-state index in [9.17, 15) is 0 Å². The Morgan fingerprint density at radius 1 is 1.08 bits per heavy atom. The van der Waals surface area contributed by atoms with Crippen molar-refractivity contribution in [2.75, 3.05) is 20.2 Å². The highest BCUT2D eigenvalue weighted by atomic mass is 16.3. The van der Waals surface area contributed by atoms with Crippen molar-refractivity contribution < 1.29 is 5.11 Å². The molecule has 0 fully saturated rings. The molecule has 0 atom stereocenters. The van der Waals surface area contributed by atoms with Crippen molar-refractivity contribution in [1.29, 1.82) is 0 Å². The molecule has 0 bridgehead atoms. The molecule has 0 aromatic carbocycles. The first kappa shape index (κ1) is 12.9. The maximum absolute atomic E-state index is 8.86. The van der Waals surface area contributed by atoms with Crippen molar-refractivity contribution in [3.05, 3.63) is 0 Å². The van der Waals surface area contributed by atoms with Gasteiger partial charge in [-0.1, -0.05) is 20.8 Å². The van der Waals surface area contributed by atoms with Gasteiger partial charge in [0.15, 0.2) is 0 Å². The first-order valence-electron chi connectivity index (χ1n) is 5.01. The molecule has 2 heteroatoms. The van der Waals surface area contributed by atoms with E-state index >= 15 is 0 Å². The lowest BCUT2D eigenvalue weighted by atomic mass is 9.81. The number of aliphatic hydroxyl groups excluding tert-OH is 1. The molecule has 0 amide bonds. The maximum Gasteiger partial charge on any atom is 0.0558 e. The second kappa shape index (κ2) is 4.43. The molecule has 0 aromatic heterocycles. The third kappa shape index (κ3) is 5.27. The van der Waals surface area contributed by atoms with Crippen LogP contribution in [-0.2, 0) is 0 Å². The van der Waals surface area contributed by atoms with Gasteiger partial charge in [-0.2, -0.15) is 0 Å². The zero-order valence-corrected chi connectivity index (χ0v) is 10.0. The lowest BCUT2D eigenvalue weighted by Gasteiger charge is -2.40. The Balaban J connectivity index is 4.21.